The van der Waals surface area contributed by atoms with Crippen LogP contribution in [0, 0.1) is 0 Å². The molecule has 0 aliphatic carbocycles. The Bertz CT molecular complexity index is 869. The predicted octanol–water partition coefficient (Wildman–Crippen LogP) is 3.35. The number of nitrogens with zero attached hydrogens (tertiary/aromatic N) is 1. The average Bonchev–Trinajstić information content (AvgIpc) is 2.63. The first-order valence-electron chi connectivity index (χ1n) is 7.72. The Kier molecular flexibility index (Phi) is 4.48. The fraction of sp³-hybridized carbons (Fsp3) is 0. The molecule has 2 amide bonds. The molecular formula is C20H17N3O2. The molecule has 5 nitrogen and oxygen atoms in total. The SMILES string of the molecule is NC(=O)c1ccc(N(c2ccccc2)c2ccccc2)cc1C(N)=O. The van der Waals surface area contributed by atoms with Gasteiger partial charge in [-0.05, 0) is 42.5 Å². The van der Waals surface area contributed by atoms with Gasteiger partial charge < -0.3 is 16.4 Å². The lowest BCUT2D eigenvalue weighted by molar-refractivity contribution is 0.0967. The highest BCUT2D eigenvalue weighted by molar-refractivity contribution is 6.07. The van der Waals surface area contributed by atoms with Crippen LogP contribution in [0.15, 0.2) is 78.9 Å². The van der Waals surface area contributed by atoms with Gasteiger partial charge in [0.2, 0.25) is 11.8 Å². The van der Waals surface area contributed by atoms with Gasteiger partial charge in [0.1, 0.15) is 0 Å². The second kappa shape index (κ2) is 6.88. The summed E-state index contributed by atoms with van der Waals surface area (Å²) in [4.78, 5) is 25.3. The van der Waals surface area contributed by atoms with E-state index in [0.29, 0.717) is 5.69 Å². The Labute approximate surface area is 145 Å². The van der Waals surface area contributed by atoms with Gasteiger partial charge in [0, 0.05) is 17.1 Å². The Morgan fingerprint density at radius 2 is 1.08 bits per heavy atom. The van der Waals surface area contributed by atoms with Crippen molar-refractivity contribution in [3.05, 3.63) is 90.0 Å². The van der Waals surface area contributed by atoms with Crippen LogP contribution in [0.25, 0.3) is 0 Å². The van der Waals surface area contributed by atoms with Crippen molar-refractivity contribution in [2.75, 3.05) is 4.90 Å². The fourth-order valence-corrected chi connectivity index (χ4v) is 2.69. The second-order valence-corrected chi connectivity index (χ2v) is 5.46. The third kappa shape index (κ3) is 3.35. The second-order valence-electron chi connectivity index (χ2n) is 5.46. The smallest absolute Gasteiger partial charge is 0.249 e. The number of amides is 2. The van der Waals surface area contributed by atoms with Crippen LogP contribution < -0.4 is 16.4 Å². The molecule has 124 valence electrons. The van der Waals surface area contributed by atoms with Gasteiger partial charge in [-0.1, -0.05) is 36.4 Å². The molecule has 0 aliphatic heterocycles. The number of nitrogens with two attached hydrogens (primary N) is 2. The summed E-state index contributed by atoms with van der Waals surface area (Å²) in [5.74, 6) is -1.39. The molecule has 3 aromatic carbocycles. The summed E-state index contributed by atoms with van der Waals surface area (Å²) in [5, 5.41) is 0. The lowest BCUT2D eigenvalue weighted by Gasteiger charge is -2.26. The number of hydrogen-bond donors (Lipinski definition) is 2. The number of para-hydroxylation sites is 2. The van der Waals surface area contributed by atoms with Gasteiger partial charge in [0.05, 0.1) is 11.1 Å². The number of carbonyl (C=O) groups excluding carboxylic acids is 2. The van der Waals surface area contributed by atoms with E-state index in [4.69, 9.17) is 11.5 Å². The molecule has 0 unspecified atom stereocenters. The van der Waals surface area contributed by atoms with Crippen LogP contribution in [0.3, 0.4) is 0 Å². The van der Waals surface area contributed by atoms with Crippen LogP contribution >= 0.6 is 0 Å². The maximum absolute atomic E-state index is 11.8. The Balaban J connectivity index is 2.19. The molecule has 0 aromatic heterocycles. The van der Waals surface area contributed by atoms with E-state index in [0.717, 1.165) is 11.4 Å². The van der Waals surface area contributed by atoms with E-state index in [-0.39, 0.29) is 11.1 Å². The number of hydrogen-bond acceptors (Lipinski definition) is 3. The minimum atomic E-state index is -0.697. The van der Waals surface area contributed by atoms with Gasteiger partial charge in [0.25, 0.3) is 0 Å². The highest BCUT2D eigenvalue weighted by Crippen LogP contribution is 2.34. The molecule has 0 fully saturated rings. The molecule has 0 aliphatic rings. The van der Waals surface area contributed by atoms with E-state index < -0.39 is 11.8 Å². The summed E-state index contributed by atoms with van der Waals surface area (Å²) in [6, 6.07) is 24.3. The largest absolute Gasteiger partial charge is 0.366 e. The number of benzene rings is 3. The van der Waals surface area contributed by atoms with E-state index in [1.54, 1.807) is 12.1 Å². The Morgan fingerprint density at radius 1 is 0.600 bits per heavy atom. The van der Waals surface area contributed by atoms with Crippen molar-refractivity contribution in [3.63, 3.8) is 0 Å². The van der Waals surface area contributed by atoms with E-state index in [1.165, 1.54) is 6.07 Å². The zero-order chi connectivity index (χ0) is 17.8. The van der Waals surface area contributed by atoms with Gasteiger partial charge in [0.15, 0.2) is 0 Å². The molecule has 0 bridgehead atoms. The summed E-state index contributed by atoms with van der Waals surface area (Å²) < 4.78 is 0. The van der Waals surface area contributed by atoms with Crippen LogP contribution in [-0.4, -0.2) is 11.8 Å². The summed E-state index contributed by atoms with van der Waals surface area (Å²) in [5.41, 5.74) is 13.5. The Hall–Kier alpha value is -3.60. The molecule has 25 heavy (non-hydrogen) atoms. The molecule has 0 heterocycles. The molecule has 0 atom stereocenters. The van der Waals surface area contributed by atoms with Gasteiger partial charge in [-0.25, -0.2) is 0 Å². The number of carbonyl (C=O) groups is 2. The maximum Gasteiger partial charge on any atom is 0.249 e. The van der Waals surface area contributed by atoms with Crippen LogP contribution in [0.1, 0.15) is 20.7 Å². The molecule has 0 spiro atoms. The summed E-state index contributed by atoms with van der Waals surface area (Å²) in [6.45, 7) is 0. The van der Waals surface area contributed by atoms with Gasteiger partial charge in [-0.2, -0.15) is 0 Å². The fourth-order valence-electron chi connectivity index (χ4n) is 2.69. The van der Waals surface area contributed by atoms with Crippen molar-refractivity contribution in [1.82, 2.24) is 0 Å². The highest BCUT2D eigenvalue weighted by Gasteiger charge is 2.18. The van der Waals surface area contributed by atoms with Crippen molar-refractivity contribution >= 4 is 28.9 Å². The van der Waals surface area contributed by atoms with Crippen LogP contribution in [-0.2, 0) is 0 Å². The minimum Gasteiger partial charge on any atom is -0.366 e. The third-order valence-electron chi connectivity index (χ3n) is 3.82. The lowest BCUT2D eigenvalue weighted by atomic mass is 10.0. The quantitative estimate of drug-likeness (QED) is 0.751. The first-order chi connectivity index (χ1) is 12.1. The molecular weight excluding hydrogens is 314 g/mol. The van der Waals surface area contributed by atoms with E-state index in [2.05, 4.69) is 0 Å². The highest BCUT2D eigenvalue weighted by atomic mass is 16.2. The van der Waals surface area contributed by atoms with Crippen molar-refractivity contribution in [1.29, 1.82) is 0 Å². The average molecular weight is 331 g/mol. The lowest BCUT2D eigenvalue weighted by Crippen LogP contribution is -2.21. The van der Waals surface area contributed by atoms with Gasteiger partial charge in [-0.15, -0.1) is 0 Å². The first-order valence-corrected chi connectivity index (χ1v) is 7.72. The molecule has 3 rings (SSSR count). The molecule has 4 N–H and O–H groups in total. The molecule has 0 saturated carbocycles. The van der Waals surface area contributed by atoms with Crippen molar-refractivity contribution < 1.29 is 9.59 Å². The zero-order valence-corrected chi connectivity index (χ0v) is 13.4. The zero-order valence-electron chi connectivity index (χ0n) is 13.4. The minimum absolute atomic E-state index is 0.0989. The third-order valence-corrected chi connectivity index (χ3v) is 3.82. The van der Waals surface area contributed by atoms with E-state index in [1.807, 2.05) is 65.6 Å². The predicted molar refractivity (Wildman–Crippen MR) is 98.2 cm³/mol. The molecule has 3 aromatic rings. The van der Waals surface area contributed by atoms with E-state index in [9.17, 15) is 9.59 Å². The van der Waals surface area contributed by atoms with Crippen molar-refractivity contribution in [2.24, 2.45) is 11.5 Å². The summed E-state index contributed by atoms with van der Waals surface area (Å²) in [6.07, 6.45) is 0. The topological polar surface area (TPSA) is 89.4 Å². The molecule has 0 saturated heterocycles. The number of rotatable bonds is 5. The van der Waals surface area contributed by atoms with Crippen LogP contribution in [0.4, 0.5) is 17.1 Å². The van der Waals surface area contributed by atoms with Gasteiger partial charge >= 0.3 is 0 Å². The summed E-state index contributed by atoms with van der Waals surface area (Å²) >= 11 is 0. The Morgan fingerprint density at radius 3 is 1.52 bits per heavy atom. The van der Waals surface area contributed by atoms with Crippen LogP contribution in [0.2, 0.25) is 0 Å². The molecule has 5 heteroatoms. The van der Waals surface area contributed by atoms with Crippen molar-refractivity contribution in [3.8, 4) is 0 Å². The normalized spacial score (nSPS) is 10.2. The standard InChI is InChI=1S/C20H17N3O2/c21-19(24)17-12-11-16(13-18(17)20(22)25)23(14-7-3-1-4-8-14)15-9-5-2-6-10-15/h1-13H,(H2,21,24)(H2,22,25). The van der Waals surface area contributed by atoms with Crippen molar-refractivity contribution in [2.45, 2.75) is 0 Å². The molecule has 0 radical (unpaired) electrons. The van der Waals surface area contributed by atoms with Gasteiger partial charge in [-0.3, -0.25) is 9.59 Å². The number of primary amides is 2. The monoisotopic (exact) mass is 331 g/mol. The van der Waals surface area contributed by atoms with E-state index >= 15 is 0 Å². The summed E-state index contributed by atoms with van der Waals surface area (Å²) in [7, 11) is 0. The van der Waals surface area contributed by atoms with Crippen LogP contribution in [0.5, 0.6) is 0 Å². The number of anilines is 3. The maximum atomic E-state index is 11.8. The first kappa shape index (κ1) is 16.3.